The van der Waals surface area contributed by atoms with E-state index < -0.39 is 0 Å². The van der Waals surface area contributed by atoms with Gasteiger partial charge in [0, 0.05) is 26.4 Å². The first-order chi connectivity index (χ1) is 21.7. The molecule has 210 valence electrons. The number of nitrogens with zero attached hydrogens (tertiary/aromatic N) is 6. The zero-order valence-corrected chi connectivity index (χ0v) is 24.5. The third kappa shape index (κ3) is 3.92. The summed E-state index contributed by atoms with van der Waals surface area (Å²) >= 11 is 1.49. The van der Waals surface area contributed by atoms with Crippen LogP contribution < -0.4 is 15.3 Å². The summed E-state index contributed by atoms with van der Waals surface area (Å²) in [5.41, 5.74) is 5.02. The van der Waals surface area contributed by atoms with Crippen LogP contribution in [0.1, 0.15) is 6.92 Å². The molecule has 0 atom stereocenters. The summed E-state index contributed by atoms with van der Waals surface area (Å²) in [4.78, 5) is 34.3. The lowest BCUT2D eigenvalue weighted by atomic mass is 10.1. The van der Waals surface area contributed by atoms with E-state index in [0.717, 1.165) is 48.5 Å². The number of allylic oxidation sites excluding steroid dienone is 1. The van der Waals surface area contributed by atoms with Gasteiger partial charge >= 0.3 is 0 Å². The highest BCUT2D eigenvalue weighted by atomic mass is 32.1. The second-order valence-electron chi connectivity index (χ2n) is 10.3. The van der Waals surface area contributed by atoms with Gasteiger partial charge in [-0.1, -0.05) is 109 Å². The fourth-order valence-electron chi connectivity index (χ4n) is 5.82. The third-order valence-corrected chi connectivity index (χ3v) is 8.90. The first-order valence-corrected chi connectivity index (χ1v) is 15.0. The maximum Gasteiger partial charge on any atom is 0.266 e. The Morgan fingerprint density at radius 2 is 1.36 bits per heavy atom. The van der Waals surface area contributed by atoms with E-state index in [4.69, 9.17) is 19.9 Å². The van der Waals surface area contributed by atoms with Gasteiger partial charge in [-0.15, -0.1) is 0 Å². The average molecular weight is 589 g/mol. The Kier molecular flexibility index (Phi) is 6.02. The fourth-order valence-corrected chi connectivity index (χ4v) is 6.81. The Balaban J connectivity index is 1.50. The van der Waals surface area contributed by atoms with E-state index in [1.165, 1.54) is 11.3 Å². The second-order valence-corrected chi connectivity index (χ2v) is 11.3. The SMILES string of the molecule is C=C/C=c1/c(=O)n2c(nc3c4c5ccccc5n(-c5nc(-c6ccccc6)nc(-c6ccccc6)n5)c4ccc32)s/c1=C/C. The molecule has 4 heterocycles. The Bertz CT molecular complexity index is 2540. The van der Waals surface area contributed by atoms with Crippen LogP contribution >= 0.6 is 11.3 Å². The van der Waals surface area contributed by atoms with Gasteiger partial charge in [-0.2, -0.15) is 9.97 Å². The van der Waals surface area contributed by atoms with Crippen molar-refractivity contribution >= 4 is 61.3 Å². The predicted molar refractivity (Wildman–Crippen MR) is 179 cm³/mol. The minimum Gasteiger partial charge on any atom is -0.278 e. The maximum atomic E-state index is 13.7. The lowest BCUT2D eigenvalue weighted by Gasteiger charge is -2.10. The molecule has 8 rings (SSSR count). The number of benzene rings is 4. The Morgan fingerprint density at radius 3 is 2.02 bits per heavy atom. The molecule has 0 saturated heterocycles. The smallest absolute Gasteiger partial charge is 0.266 e. The monoisotopic (exact) mass is 588 g/mol. The molecule has 8 aromatic rings. The Labute approximate surface area is 255 Å². The van der Waals surface area contributed by atoms with Crippen LogP contribution in [0, 0.1) is 0 Å². The van der Waals surface area contributed by atoms with E-state index in [2.05, 4.69) is 23.3 Å². The highest BCUT2D eigenvalue weighted by Crippen LogP contribution is 2.36. The van der Waals surface area contributed by atoms with Crippen LogP contribution in [-0.4, -0.2) is 28.9 Å². The Morgan fingerprint density at radius 1 is 0.727 bits per heavy atom. The molecule has 0 aliphatic heterocycles. The van der Waals surface area contributed by atoms with Crippen LogP contribution in [0.4, 0.5) is 0 Å². The van der Waals surface area contributed by atoms with Crippen LogP contribution in [0.5, 0.6) is 0 Å². The maximum absolute atomic E-state index is 13.7. The number of hydrogen-bond donors (Lipinski definition) is 0. The molecule has 8 heteroatoms. The van der Waals surface area contributed by atoms with Gasteiger partial charge in [-0.3, -0.25) is 9.36 Å². The van der Waals surface area contributed by atoms with E-state index in [-0.39, 0.29) is 5.56 Å². The molecule has 4 aromatic heterocycles. The van der Waals surface area contributed by atoms with Gasteiger partial charge in [0.1, 0.15) is 5.52 Å². The summed E-state index contributed by atoms with van der Waals surface area (Å²) in [5.74, 6) is 1.67. The molecule has 44 heavy (non-hydrogen) atoms. The van der Waals surface area contributed by atoms with Crippen molar-refractivity contribution in [1.29, 1.82) is 0 Å². The minimum absolute atomic E-state index is 0.116. The van der Waals surface area contributed by atoms with Crippen molar-refractivity contribution in [2.45, 2.75) is 6.92 Å². The van der Waals surface area contributed by atoms with Crippen LogP contribution in [0.15, 0.2) is 115 Å². The van der Waals surface area contributed by atoms with Gasteiger partial charge in [0.15, 0.2) is 16.6 Å². The molecule has 0 spiro atoms. The number of imidazole rings is 1. The molecule has 0 aliphatic rings. The van der Waals surface area contributed by atoms with Crippen LogP contribution in [-0.2, 0) is 0 Å². The number of fused-ring (bicyclic) bond motifs is 7. The third-order valence-electron chi connectivity index (χ3n) is 7.76. The molecular formula is C36H24N6OS. The second kappa shape index (κ2) is 10.2. The molecule has 0 unspecified atom stereocenters. The summed E-state index contributed by atoms with van der Waals surface area (Å²) in [6.45, 7) is 5.74. The average Bonchev–Trinajstić information content (AvgIpc) is 3.62. The molecule has 7 nitrogen and oxygen atoms in total. The molecule has 0 saturated carbocycles. The molecule has 4 aromatic carbocycles. The zero-order chi connectivity index (χ0) is 29.8. The van der Waals surface area contributed by atoms with Gasteiger partial charge in [0.05, 0.1) is 21.8 Å². The van der Waals surface area contributed by atoms with Gasteiger partial charge in [-0.25, -0.2) is 14.4 Å². The normalized spacial score (nSPS) is 12.7. The number of rotatable bonds is 4. The van der Waals surface area contributed by atoms with E-state index in [0.29, 0.717) is 27.8 Å². The van der Waals surface area contributed by atoms with Gasteiger partial charge in [-0.05, 0) is 31.2 Å². The van der Waals surface area contributed by atoms with Crippen LogP contribution in [0.3, 0.4) is 0 Å². The van der Waals surface area contributed by atoms with E-state index >= 15 is 0 Å². The van der Waals surface area contributed by atoms with Crippen molar-refractivity contribution in [3.8, 4) is 28.7 Å². The lowest BCUT2D eigenvalue weighted by Crippen LogP contribution is -2.40. The summed E-state index contributed by atoms with van der Waals surface area (Å²) in [6, 6.07) is 32.0. The topological polar surface area (TPSA) is 78.0 Å². The largest absolute Gasteiger partial charge is 0.278 e. The molecule has 0 bridgehead atoms. The molecule has 0 fully saturated rings. The summed E-state index contributed by atoms with van der Waals surface area (Å²) in [6.07, 6.45) is 5.35. The molecule has 0 radical (unpaired) electrons. The summed E-state index contributed by atoms with van der Waals surface area (Å²) < 4.78 is 4.64. The molecule has 0 aliphatic carbocycles. The van der Waals surface area contributed by atoms with Gasteiger partial charge < -0.3 is 0 Å². The van der Waals surface area contributed by atoms with Crippen molar-refractivity contribution < 1.29 is 0 Å². The van der Waals surface area contributed by atoms with Crippen LogP contribution in [0.2, 0.25) is 0 Å². The van der Waals surface area contributed by atoms with Gasteiger partial charge in [0.2, 0.25) is 5.95 Å². The highest BCUT2D eigenvalue weighted by molar-refractivity contribution is 7.14. The van der Waals surface area contributed by atoms with Crippen molar-refractivity contribution in [3.63, 3.8) is 0 Å². The lowest BCUT2D eigenvalue weighted by molar-refractivity contribution is 0.953. The van der Waals surface area contributed by atoms with Gasteiger partial charge in [0.25, 0.3) is 5.56 Å². The quantitative estimate of drug-likeness (QED) is 0.241. The van der Waals surface area contributed by atoms with E-state index in [1.807, 2.05) is 97.9 Å². The van der Waals surface area contributed by atoms with Crippen molar-refractivity contribution in [2.24, 2.45) is 0 Å². The molecule has 0 amide bonds. The first kappa shape index (κ1) is 25.9. The van der Waals surface area contributed by atoms with E-state index in [1.54, 1.807) is 16.6 Å². The predicted octanol–water partition coefficient (Wildman–Crippen LogP) is 6.29. The molecular weight excluding hydrogens is 565 g/mol. The minimum atomic E-state index is -0.116. The molecule has 0 N–H and O–H groups in total. The number of aromatic nitrogens is 6. The zero-order valence-electron chi connectivity index (χ0n) is 23.7. The number of para-hydroxylation sites is 1. The summed E-state index contributed by atoms with van der Waals surface area (Å²) in [7, 11) is 0. The highest BCUT2D eigenvalue weighted by Gasteiger charge is 2.21. The first-order valence-electron chi connectivity index (χ1n) is 14.2. The number of hydrogen-bond acceptors (Lipinski definition) is 6. The van der Waals surface area contributed by atoms with Crippen LogP contribution in [0.25, 0.3) is 78.7 Å². The van der Waals surface area contributed by atoms with E-state index in [9.17, 15) is 4.79 Å². The summed E-state index contributed by atoms with van der Waals surface area (Å²) in [5, 5.41) is 2.54. The fraction of sp³-hybridized carbons (Fsp3) is 0.0278. The van der Waals surface area contributed by atoms with Crippen molar-refractivity contribution in [1.82, 2.24) is 28.9 Å². The Hall–Kier alpha value is -5.73. The van der Waals surface area contributed by atoms with Crippen molar-refractivity contribution in [2.75, 3.05) is 0 Å². The van der Waals surface area contributed by atoms with Crippen molar-refractivity contribution in [3.05, 3.63) is 130 Å². The standard InChI is InChI=1S/C36H24N6OS/c1-3-13-25-29(4-2)44-36-37-31-28(42(36)34(25)43)21-20-27-30(31)24-18-11-12-19-26(24)41(27)35-39-32(22-14-7-5-8-15-22)38-33(40-35)23-16-9-6-10-17-23/h3-21H,1H2,2H3/b25-13+,29-4+.